The maximum absolute atomic E-state index is 12.6. The van der Waals surface area contributed by atoms with Crippen molar-refractivity contribution < 1.29 is 9.53 Å². The van der Waals surface area contributed by atoms with Crippen LogP contribution < -0.4 is 10.1 Å². The molecule has 3 nitrogen and oxygen atoms in total. The van der Waals surface area contributed by atoms with E-state index in [1.54, 1.807) is 0 Å². The quantitative estimate of drug-likeness (QED) is 0.865. The number of carbonyl (C=O) groups is 1. The van der Waals surface area contributed by atoms with Crippen molar-refractivity contribution in [1.82, 2.24) is 5.32 Å². The van der Waals surface area contributed by atoms with Gasteiger partial charge in [0, 0.05) is 23.4 Å². The van der Waals surface area contributed by atoms with Gasteiger partial charge < -0.3 is 10.1 Å². The molecule has 21 heavy (non-hydrogen) atoms. The molecule has 3 rings (SSSR count). The number of alkyl halides is 1. The third-order valence-electron chi connectivity index (χ3n) is 4.86. The fourth-order valence-corrected chi connectivity index (χ4v) is 3.86. The zero-order valence-corrected chi connectivity index (χ0v) is 13.0. The summed E-state index contributed by atoms with van der Waals surface area (Å²) in [5.74, 6) is 1.50. The van der Waals surface area contributed by atoms with Crippen LogP contribution in [0.4, 0.5) is 0 Å². The van der Waals surface area contributed by atoms with Gasteiger partial charge in [0.15, 0.2) is 0 Å². The number of benzene rings is 1. The highest BCUT2D eigenvalue weighted by atomic mass is 35.5. The highest BCUT2D eigenvalue weighted by Gasteiger charge is 2.35. The highest BCUT2D eigenvalue weighted by Crippen LogP contribution is 2.39. The van der Waals surface area contributed by atoms with Crippen molar-refractivity contribution in [3.8, 4) is 5.75 Å². The molecule has 4 heteroatoms. The maximum Gasteiger partial charge on any atom is 0.227 e. The number of fused-ring (bicyclic) bond motifs is 1. The summed E-state index contributed by atoms with van der Waals surface area (Å²) < 4.78 is 5.62. The number of halogens is 1. The molecule has 1 fully saturated rings. The zero-order chi connectivity index (χ0) is 14.7. The van der Waals surface area contributed by atoms with E-state index in [9.17, 15) is 4.79 Å². The summed E-state index contributed by atoms with van der Waals surface area (Å²) >= 11 is 6.14. The summed E-state index contributed by atoms with van der Waals surface area (Å²) in [6.07, 6.45) is 5.45. The van der Waals surface area contributed by atoms with Crippen LogP contribution in [-0.2, 0) is 4.79 Å². The predicted octanol–water partition coefficient (Wildman–Crippen LogP) is 3.47. The van der Waals surface area contributed by atoms with Crippen molar-refractivity contribution >= 4 is 17.5 Å². The molecule has 1 atom stereocenters. The molecule has 2 aliphatic rings. The molecule has 114 valence electrons. The maximum atomic E-state index is 12.6. The first-order chi connectivity index (χ1) is 10.2. The molecule has 1 unspecified atom stereocenters. The van der Waals surface area contributed by atoms with Crippen molar-refractivity contribution in [1.29, 1.82) is 0 Å². The first-order valence-corrected chi connectivity index (χ1v) is 8.33. The minimum atomic E-state index is -0.0938. The van der Waals surface area contributed by atoms with Gasteiger partial charge >= 0.3 is 0 Å². The lowest BCUT2D eigenvalue weighted by Crippen LogP contribution is -2.40. The Labute approximate surface area is 131 Å². The molecule has 0 spiro atoms. The highest BCUT2D eigenvalue weighted by molar-refractivity contribution is 6.18. The van der Waals surface area contributed by atoms with Crippen LogP contribution in [0.2, 0.25) is 0 Å². The minimum absolute atomic E-state index is 0.0938. The third-order valence-corrected chi connectivity index (χ3v) is 5.43. The van der Waals surface area contributed by atoms with Gasteiger partial charge in [-0.1, -0.05) is 31.0 Å². The number of hydrogen-bond acceptors (Lipinski definition) is 2. The molecule has 0 aromatic heterocycles. The van der Waals surface area contributed by atoms with Gasteiger partial charge in [0.1, 0.15) is 5.75 Å². The third kappa shape index (κ3) is 3.03. The van der Waals surface area contributed by atoms with E-state index in [1.165, 1.54) is 12.8 Å². The number of para-hydroxylation sites is 1. The molecule has 1 amide bonds. The Morgan fingerprint density at radius 2 is 2.10 bits per heavy atom. The van der Waals surface area contributed by atoms with Gasteiger partial charge in [0.05, 0.1) is 12.5 Å². The van der Waals surface area contributed by atoms with Crippen molar-refractivity contribution in [3.63, 3.8) is 0 Å². The van der Waals surface area contributed by atoms with E-state index >= 15 is 0 Å². The summed E-state index contributed by atoms with van der Waals surface area (Å²) in [6.45, 7) is 1.31. The second-order valence-electron chi connectivity index (χ2n) is 6.29. The Bertz CT molecular complexity index is 511. The molecule has 1 aromatic carbocycles. The van der Waals surface area contributed by atoms with E-state index in [4.69, 9.17) is 16.3 Å². The standard InChI is InChI=1S/C17H22ClNO2/c18-11-17(8-3-4-9-17)12-19-16(20)14-7-10-21-15-6-2-1-5-13(14)15/h1-2,5-6,14H,3-4,7-12H2,(H,19,20). The van der Waals surface area contributed by atoms with Crippen LogP contribution >= 0.6 is 11.6 Å². The second kappa shape index (κ2) is 6.27. The number of carbonyl (C=O) groups excluding carboxylic acids is 1. The lowest BCUT2D eigenvalue weighted by atomic mass is 9.87. The van der Waals surface area contributed by atoms with Crippen LogP contribution in [0.3, 0.4) is 0 Å². The van der Waals surface area contributed by atoms with Gasteiger partial charge in [0.25, 0.3) is 0 Å². The molecule has 1 heterocycles. The van der Waals surface area contributed by atoms with Crippen LogP contribution in [-0.4, -0.2) is 24.9 Å². The Kier molecular flexibility index (Phi) is 4.39. The van der Waals surface area contributed by atoms with E-state index in [0.29, 0.717) is 19.0 Å². The van der Waals surface area contributed by atoms with Crippen molar-refractivity contribution in [2.24, 2.45) is 5.41 Å². The van der Waals surface area contributed by atoms with Crippen LogP contribution in [0.1, 0.15) is 43.6 Å². The molecule has 1 saturated carbocycles. The molecule has 1 N–H and O–H groups in total. The summed E-state index contributed by atoms with van der Waals surface area (Å²) in [4.78, 5) is 12.6. The molecular weight excluding hydrogens is 286 g/mol. The molecule has 0 bridgehead atoms. The van der Waals surface area contributed by atoms with Crippen LogP contribution in [0.15, 0.2) is 24.3 Å². The molecule has 0 radical (unpaired) electrons. The largest absolute Gasteiger partial charge is 0.493 e. The first kappa shape index (κ1) is 14.7. The molecule has 0 saturated heterocycles. The monoisotopic (exact) mass is 307 g/mol. The van der Waals surface area contributed by atoms with Gasteiger partial charge in [-0.2, -0.15) is 0 Å². The van der Waals surface area contributed by atoms with Gasteiger partial charge in [-0.05, 0) is 25.3 Å². The second-order valence-corrected chi connectivity index (χ2v) is 6.55. The van der Waals surface area contributed by atoms with E-state index in [1.807, 2.05) is 24.3 Å². The van der Waals surface area contributed by atoms with Gasteiger partial charge in [-0.3, -0.25) is 4.79 Å². The predicted molar refractivity (Wildman–Crippen MR) is 83.9 cm³/mol. The van der Waals surface area contributed by atoms with E-state index in [-0.39, 0.29) is 17.2 Å². The first-order valence-electron chi connectivity index (χ1n) is 7.79. The Morgan fingerprint density at radius 1 is 1.33 bits per heavy atom. The Morgan fingerprint density at radius 3 is 2.86 bits per heavy atom. The number of ether oxygens (including phenoxy) is 1. The average Bonchev–Trinajstić information content (AvgIpc) is 3.01. The summed E-state index contributed by atoms with van der Waals surface area (Å²) in [5, 5.41) is 3.15. The van der Waals surface area contributed by atoms with Gasteiger partial charge in [0.2, 0.25) is 5.91 Å². The number of hydrogen-bond donors (Lipinski definition) is 1. The number of rotatable bonds is 4. The minimum Gasteiger partial charge on any atom is -0.493 e. The number of nitrogens with one attached hydrogen (secondary N) is 1. The SMILES string of the molecule is O=C(NCC1(CCl)CCCC1)C1CCOc2ccccc21. The van der Waals surface area contributed by atoms with Crippen LogP contribution in [0.5, 0.6) is 5.75 Å². The topological polar surface area (TPSA) is 38.3 Å². The summed E-state index contributed by atoms with van der Waals surface area (Å²) in [6, 6.07) is 7.84. The smallest absolute Gasteiger partial charge is 0.227 e. The zero-order valence-electron chi connectivity index (χ0n) is 12.2. The van der Waals surface area contributed by atoms with E-state index in [0.717, 1.165) is 30.6 Å². The molecular formula is C17H22ClNO2. The molecule has 1 aromatic rings. The normalized spacial score (nSPS) is 23.2. The molecule has 1 aliphatic carbocycles. The van der Waals surface area contributed by atoms with Crippen molar-refractivity contribution in [2.75, 3.05) is 19.0 Å². The van der Waals surface area contributed by atoms with E-state index in [2.05, 4.69) is 5.32 Å². The Hall–Kier alpha value is -1.22. The number of amides is 1. The fourth-order valence-electron chi connectivity index (χ4n) is 3.49. The van der Waals surface area contributed by atoms with Crippen LogP contribution in [0, 0.1) is 5.41 Å². The Balaban J connectivity index is 1.66. The summed E-state index contributed by atoms with van der Waals surface area (Å²) in [5.41, 5.74) is 1.12. The average molecular weight is 308 g/mol. The van der Waals surface area contributed by atoms with E-state index < -0.39 is 0 Å². The summed E-state index contributed by atoms with van der Waals surface area (Å²) in [7, 11) is 0. The van der Waals surface area contributed by atoms with Crippen molar-refractivity contribution in [3.05, 3.63) is 29.8 Å². The van der Waals surface area contributed by atoms with Gasteiger partial charge in [-0.25, -0.2) is 0 Å². The van der Waals surface area contributed by atoms with Crippen LogP contribution in [0.25, 0.3) is 0 Å². The lowest BCUT2D eigenvalue weighted by Gasteiger charge is -2.29. The fraction of sp³-hybridized carbons (Fsp3) is 0.588. The van der Waals surface area contributed by atoms with Crippen molar-refractivity contribution in [2.45, 2.75) is 38.0 Å². The lowest BCUT2D eigenvalue weighted by molar-refractivity contribution is -0.123. The molecule has 1 aliphatic heterocycles. The van der Waals surface area contributed by atoms with Gasteiger partial charge in [-0.15, -0.1) is 11.6 Å².